The Balaban J connectivity index is 3.41. The minimum absolute atomic E-state index is 0.338. The monoisotopic (exact) mass is 280 g/mol. The molecule has 1 atom stereocenters. The summed E-state index contributed by atoms with van der Waals surface area (Å²) in [5.41, 5.74) is 3.44. The van der Waals surface area contributed by atoms with Crippen molar-refractivity contribution in [3.63, 3.8) is 0 Å². The highest BCUT2D eigenvalue weighted by molar-refractivity contribution is 7.80. The molecule has 0 aliphatic carbocycles. The lowest BCUT2D eigenvalue weighted by atomic mass is 9.84. The Hall–Kier alpha value is -0.630. The molecule has 0 bridgehead atoms. The quantitative estimate of drug-likeness (QED) is 0.700. The van der Waals surface area contributed by atoms with Crippen LogP contribution in [0.4, 0.5) is 0 Å². The molecule has 1 rings (SSSR count). The molecule has 1 aromatic rings. The Morgan fingerprint density at radius 1 is 0.947 bits per heavy atom. The van der Waals surface area contributed by atoms with Gasteiger partial charge in [0.2, 0.25) is 0 Å². The average molecular weight is 280 g/mol. The molecule has 108 valence electrons. The Labute approximate surface area is 123 Å². The Bertz CT molecular complexity index is 392. The van der Waals surface area contributed by atoms with E-state index in [-0.39, 0.29) is 0 Å². The molecule has 0 saturated carbocycles. The largest absolute Gasteiger partial charge is 0.507 e. The minimum atomic E-state index is 0.338. The van der Waals surface area contributed by atoms with Crippen molar-refractivity contribution in [3.05, 3.63) is 28.8 Å². The van der Waals surface area contributed by atoms with Gasteiger partial charge in [0.05, 0.1) is 0 Å². The maximum atomic E-state index is 10.4. The summed E-state index contributed by atoms with van der Waals surface area (Å²) in [5.74, 6) is 3.00. The molecule has 1 unspecified atom stereocenters. The Morgan fingerprint density at radius 3 is 1.63 bits per heavy atom. The number of thiol groups is 1. The molecule has 0 aliphatic heterocycles. The number of aromatic hydroxyl groups is 1. The van der Waals surface area contributed by atoms with E-state index in [2.05, 4.69) is 66.3 Å². The molecule has 2 heteroatoms. The third-order valence-electron chi connectivity index (χ3n) is 3.86. The number of phenolic OH excluding ortho intramolecular Hbond substituents is 1. The number of benzene rings is 1. The molecule has 1 aromatic carbocycles. The van der Waals surface area contributed by atoms with Crippen molar-refractivity contribution in [2.24, 2.45) is 5.92 Å². The number of hydrogen-bond acceptors (Lipinski definition) is 2. The van der Waals surface area contributed by atoms with Crippen LogP contribution in [-0.2, 0) is 0 Å². The van der Waals surface area contributed by atoms with E-state index in [4.69, 9.17) is 0 Å². The summed E-state index contributed by atoms with van der Waals surface area (Å²) in [7, 11) is 0. The molecule has 0 amide bonds. The maximum Gasteiger partial charge on any atom is 0.122 e. The summed E-state index contributed by atoms with van der Waals surface area (Å²) in [6.07, 6.45) is 0. The van der Waals surface area contributed by atoms with Crippen molar-refractivity contribution in [2.45, 2.75) is 59.3 Å². The highest BCUT2D eigenvalue weighted by Gasteiger charge is 2.20. The van der Waals surface area contributed by atoms with Crippen LogP contribution in [0.15, 0.2) is 12.1 Å². The van der Waals surface area contributed by atoms with Gasteiger partial charge >= 0.3 is 0 Å². The van der Waals surface area contributed by atoms with Gasteiger partial charge in [-0.15, -0.1) is 0 Å². The van der Waals surface area contributed by atoms with Crippen LogP contribution in [0.2, 0.25) is 0 Å². The molecule has 0 spiro atoms. The van der Waals surface area contributed by atoms with Crippen LogP contribution >= 0.6 is 12.6 Å². The normalized spacial score (nSPS) is 13.6. The van der Waals surface area contributed by atoms with Gasteiger partial charge in [-0.1, -0.05) is 53.7 Å². The first kappa shape index (κ1) is 16.4. The SMILES string of the molecule is CC(C)c1cc(C(CS)C(C)C)cc(C(C)C)c1O. The fraction of sp³-hybridized carbons (Fsp3) is 0.647. The second-order valence-corrected chi connectivity index (χ2v) is 6.76. The number of hydrogen-bond donors (Lipinski definition) is 2. The van der Waals surface area contributed by atoms with Crippen LogP contribution < -0.4 is 0 Å². The second kappa shape index (κ2) is 6.69. The van der Waals surface area contributed by atoms with E-state index in [9.17, 15) is 5.11 Å². The zero-order valence-corrected chi connectivity index (χ0v) is 14.0. The smallest absolute Gasteiger partial charge is 0.122 e. The molecular formula is C17H28OS. The van der Waals surface area contributed by atoms with Gasteiger partial charge in [0, 0.05) is 0 Å². The van der Waals surface area contributed by atoms with Crippen LogP contribution in [0.1, 0.15) is 76.0 Å². The summed E-state index contributed by atoms with van der Waals surface area (Å²) in [5, 5.41) is 10.4. The molecule has 0 aliphatic rings. The molecule has 0 fully saturated rings. The third-order valence-corrected chi connectivity index (χ3v) is 4.26. The molecule has 0 radical (unpaired) electrons. The lowest BCUT2D eigenvalue weighted by molar-refractivity contribution is 0.452. The van der Waals surface area contributed by atoms with Crippen molar-refractivity contribution in [3.8, 4) is 5.75 Å². The summed E-state index contributed by atoms with van der Waals surface area (Å²) < 4.78 is 0. The Kier molecular flexibility index (Phi) is 5.79. The molecule has 0 saturated heterocycles. The summed E-state index contributed by atoms with van der Waals surface area (Å²) in [6.45, 7) is 13.0. The van der Waals surface area contributed by atoms with Gasteiger partial charge in [-0.05, 0) is 46.1 Å². The van der Waals surface area contributed by atoms with Crippen molar-refractivity contribution in [1.29, 1.82) is 0 Å². The predicted molar refractivity (Wildman–Crippen MR) is 87.7 cm³/mol. The standard InChI is InChI=1S/C17H28OS/c1-10(2)14-7-13(16(9-19)12(5)6)8-15(11(3)4)17(14)18/h7-8,10-12,16,18-19H,9H2,1-6H3. The lowest BCUT2D eigenvalue weighted by Gasteiger charge is -2.24. The van der Waals surface area contributed by atoms with Crippen LogP contribution in [0.3, 0.4) is 0 Å². The highest BCUT2D eigenvalue weighted by Crippen LogP contribution is 2.38. The molecule has 0 heterocycles. The topological polar surface area (TPSA) is 20.2 Å². The average Bonchev–Trinajstić information content (AvgIpc) is 2.30. The zero-order chi connectivity index (χ0) is 14.7. The zero-order valence-electron chi connectivity index (χ0n) is 13.1. The van der Waals surface area contributed by atoms with Gasteiger partial charge < -0.3 is 5.11 Å². The number of phenols is 1. The van der Waals surface area contributed by atoms with Gasteiger partial charge in [0.25, 0.3) is 0 Å². The predicted octanol–water partition coefficient (Wildman–Crippen LogP) is 5.31. The van der Waals surface area contributed by atoms with Crippen molar-refractivity contribution in [1.82, 2.24) is 0 Å². The van der Waals surface area contributed by atoms with E-state index in [0.717, 1.165) is 16.9 Å². The maximum absolute atomic E-state index is 10.4. The molecule has 1 N–H and O–H groups in total. The minimum Gasteiger partial charge on any atom is -0.507 e. The van der Waals surface area contributed by atoms with Gasteiger partial charge in [-0.3, -0.25) is 0 Å². The third kappa shape index (κ3) is 3.68. The Morgan fingerprint density at radius 2 is 1.37 bits per heavy atom. The van der Waals surface area contributed by atoms with Gasteiger partial charge in [-0.25, -0.2) is 0 Å². The van der Waals surface area contributed by atoms with Crippen LogP contribution in [0, 0.1) is 5.92 Å². The second-order valence-electron chi connectivity index (χ2n) is 6.39. The van der Waals surface area contributed by atoms with E-state index in [0.29, 0.717) is 29.4 Å². The molecule has 0 aromatic heterocycles. The van der Waals surface area contributed by atoms with E-state index in [1.54, 1.807) is 0 Å². The van der Waals surface area contributed by atoms with Crippen LogP contribution in [-0.4, -0.2) is 10.9 Å². The molecular weight excluding hydrogens is 252 g/mol. The highest BCUT2D eigenvalue weighted by atomic mass is 32.1. The molecule has 19 heavy (non-hydrogen) atoms. The van der Waals surface area contributed by atoms with Gasteiger partial charge in [0.1, 0.15) is 5.75 Å². The summed E-state index contributed by atoms with van der Waals surface area (Å²) in [4.78, 5) is 0. The first-order valence-corrected chi connectivity index (χ1v) is 7.90. The van der Waals surface area contributed by atoms with Crippen LogP contribution in [0.5, 0.6) is 5.75 Å². The van der Waals surface area contributed by atoms with Crippen molar-refractivity contribution < 1.29 is 5.11 Å². The van der Waals surface area contributed by atoms with Gasteiger partial charge in [-0.2, -0.15) is 12.6 Å². The fourth-order valence-corrected chi connectivity index (χ4v) is 3.13. The van der Waals surface area contributed by atoms with E-state index >= 15 is 0 Å². The van der Waals surface area contributed by atoms with Gasteiger partial charge in [0.15, 0.2) is 0 Å². The van der Waals surface area contributed by atoms with Crippen molar-refractivity contribution >= 4 is 12.6 Å². The lowest BCUT2D eigenvalue weighted by Crippen LogP contribution is -2.10. The van der Waals surface area contributed by atoms with E-state index in [1.165, 1.54) is 5.56 Å². The summed E-state index contributed by atoms with van der Waals surface area (Å²) in [6, 6.07) is 4.35. The number of rotatable bonds is 5. The van der Waals surface area contributed by atoms with E-state index < -0.39 is 0 Å². The fourth-order valence-electron chi connectivity index (χ4n) is 2.50. The van der Waals surface area contributed by atoms with E-state index in [1.807, 2.05) is 0 Å². The van der Waals surface area contributed by atoms with Crippen molar-refractivity contribution in [2.75, 3.05) is 5.75 Å². The molecule has 1 nitrogen and oxygen atoms in total. The first-order valence-electron chi connectivity index (χ1n) is 7.27. The first-order chi connectivity index (χ1) is 8.79. The van der Waals surface area contributed by atoms with Crippen LogP contribution in [0.25, 0.3) is 0 Å². The summed E-state index contributed by atoms with van der Waals surface area (Å²) >= 11 is 4.50.